The molecule has 0 aliphatic rings. The van der Waals surface area contributed by atoms with Crippen LogP contribution in [0.15, 0.2) is 48.5 Å². The molecule has 0 saturated carbocycles. The number of hydrogen-bond donors (Lipinski definition) is 1. The van der Waals surface area contributed by atoms with Gasteiger partial charge in [0.15, 0.2) is 0 Å². The van der Waals surface area contributed by atoms with Gasteiger partial charge >= 0.3 is 6.61 Å². The van der Waals surface area contributed by atoms with Crippen molar-refractivity contribution in [1.82, 2.24) is 5.32 Å². The lowest BCUT2D eigenvalue weighted by molar-refractivity contribution is -0.120. The van der Waals surface area contributed by atoms with E-state index in [1.807, 2.05) is 12.1 Å². The molecular weight excluding hydrogens is 312 g/mol. The van der Waals surface area contributed by atoms with Crippen molar-refractivity contribution in [2.45, 2.75) is 19.6 Å². The Morgan fingerprint density at radius 3 is 2.23 bits per heavy atom. The number of hydrogen-bond acceptors (Lipinski definition) is 2. The highest BCUT2D eigenvalue weighted by molar-refractivity contribution is 6.30. The van der Waals surface area contributed by atoms with Gasteiger partial charge in [-0.15, -0.1) is 0 Å². The summed E-state index contributed by atoms with van der Waals surface area (Å²) in [6.07, 6.45) is 0.169. The van der Waals surface area contributed by atoms with Crippen molar-refractivity contribution >= 4 is 17.5 Å². The Labute approximate surface area is 131 Å². The van der Waals surface area contributed by atoms with Crippen LogP contribution in [0, 0.1) is 0 Å². The third-order valence-electron chi connectivity index (χ3n) is 2.92. The number of amides is 1. The Bertz CT molecular complexity index is 615. The zero-order valence-electron chi connectivity index (χ0n) is 11.6. The van der Waals surface area contributed by atoms with Crippen LogP contribution in [0.5, 0.6) is 5.75 Å². The summed E-state index contributed by atoms with van der Waals surface area (Å²) in [6, 6.07) is 13.2. The lowest BCUT2D eigenvalue weighted by atomic mass is 10.1. The summed E-state index contributed by atoms with van der Waals surface area (Å²) >= 11 is 5.78. The summed E-state index contributed by atoms with van der Waals surface area (Å²) < 4.78 is 28.3. The number of alkyl halides is 2. The van der Waals surface area contributed by atoms with Crippen LogP contribution in [0.1, 0.15) is 11.1 Å². The molecule has 0 aliphatic carbocycles. The monoisotopic (exact) mass is 325 g/mol. The van der Waals surface area contributed by atoms with E-state index in [0.29, 0.717) is 11.6 Å². The van der Waals surface area contributed by atoms with Crippen LogP contribution in [-0.4, -0.2) is 12.5 Å². The van der Waals surface area contributed by atoms with Gasteiger partial charge in [0.1, 0.15) is 5.75 Å². The predicted octanol–water partition coefficient (Wildman–Crippen LogP) is 3.80. The van der Waals surface area contributed by atoms with E-state index >= 15 is 0 Å². The average Bonchev–Trinajstić information content (AvgIpc) is 2.48. The molecule has 0 aromatic heterocycles. The summed E-state index contributed by atoms with van der Waals surface area (Å²) in [6.45, 7) is -2.45. The minimum atomic E-state index is -2.85. The number of carbonyl (C=O) groups is 1. The van der Waals surface area contributed by atoms with Gasteiger partial charge in [0.2, 0.25) is 5.91 Å². The van der Waals surface area contributed by atoms with Crippen molar-refractivity contribution in [2.75, 3.05) is 0 Å². The van der Waals surface area contributed by atoms with E-state index in [4.69, 9.17) is 11.6 Å². The van der Waals surface area contributed by atoms with E-state index in [1.54, 1.807) is 24.3 Å². The molecule has 1 amide bonds. The molecule has 116 valence electrons. The summed E-state index contributed by atoms with van der Waals surface area (Å²) in [7, 11) is 0. The molecule has 0 aliphatic heterocycles. The van der Waals surface area contributed by atoms with E-state index in [0.717, 1.165) is 11.1 Å². The minimum absolute atomic E-state index is 0.0697. The second-order valence-corrected chi connectivity index (χ2v) is 5.04. The minimum Gasteiger partial charge on any atom is -0.435 e. The highest BCUT2D eigenvalue weighted by Gasteiger charge is 2.06. The third-order valence-corrected chi connectivity index (χ3v) is 3.17. The van der Waals surface area contributed by atoms with Crippen LogP contribution in [0.25, 0.3) is 0 Å². The zero-order chi connectivity index (χ0) is 15.9. The molecule has 3 nitrogen and oxygen atoms in total. The third kappa shape index (κ3) is 5.33. The van der Waals surface area contributed by atoms with E-state index < -0.39 is 6.61 Å². The molecule has 6 heteroatoms. The van der Waals surface area contributed by atoms with Gasteiger partial charge in [0.25, 0.3) is 0 Å². The second-order valence-electron chi connectivity index (χ2n) is 4.60. The lowest BCUT2D eigenvalue weighted by Crippen LogP contribution is -2.24. The van der Waals surface area contributed by atoms with Gasteiger partial charge in [-0.05, 0) is 35.4 Å². The van der Waals surface area contributed by atoms with Gasteiger partial charge in [0.05, 0.1) is 6.42 Å². The standard InChI is InChI=1S/C16H14ClF2NO2/c17-13-5-1-12(2-6-13)10-20-15(21)9-11-3-7-14(8-4-11)22-16(18)19/h1-8,16H,9-10H2,(H,20,21). The first-order valence-electron chi connectivity index (χ1n) is 6.58. The van der Waals surface area contributed by atoms with Crippen molar-refractivity contribution in [2.24, 2.45) is 0 Å². The molecular formula is C16H14ClF2NO2. The first kappa shape index (κ1) is 16.2. The molecule has 0 unspecified atom stereocenters. The zero-order valence-corrected chi connectivity index (χ0v) is 12.3. The highest BCUT2D eigenvalue weighted by Crippen LogP contribution is 2.15. The molecule has 0 spiro atoms. The van der Waals surface area contributed by atoms with E-state index in [-0.39, 0.29) is 18.1 Å². The van der Waals surface area contributed by atoms with Gasteiger partial charge < -0.3 is 10.1 Å². The first-order valence-corrected chi connectivity index (χ1v) is 6.95. The molecule has 1 N–H and O–H groups in total. The highest BCUT2D eigenvalue weighted by atomic mass is 35.5. The summed E-state index contributed by atoms with van der Waals surface area (Å²) in [4.78, 5) is 11.8. The summed E-state index contributed by atoms with van der Waals surface area (Å²) in [5.41, 5.74) is 1.66. The van der Waals surface area contributed by atoms with E-state index in [1.165, 1.54) is 12.1 Å². The molecule has 0 saturated heterocycles. The van der Waals surface area contributed by atoms with Crippen LogP contribution in [0.2, 0.25) is 5.02 Å². The van der Waals surface area contributed by atoms with Gasteiger partial charge in [0, 0.05) is 11.6 Å². The van der Waals surface area contributed by atoms with Crippen LogP contribution in [-0.2, 0) is 17.8 Å². The molecule has 0 bridgehead atoms. The predicted molar refractivity (Wildman–Crippen MR) is 80.1 cm³/mol. The van der Waals surface area contributed by atoms with Crippen molar-refractivity contribution in [3.63, 3.8) is 0 Å². The van der Waals surface area contributed by atoms with Crippen LogP contribution in [0.4, 0.5) is 8.78 Å². The average molecular weight is 326 g/mol. The molecule has 0 radical (unpaired) electrons. The molecule has 0 heterocycles. The smallest absolute Gasteiger partial charge is 0.387 e. The van der Waals surface area contributed by atoms with Crippen molar-refractivity contribution in [3.05, 3.63) is 64.7 Å². The van der Waals surface area contributed by atoms with Gasteiger partial charge in [-0.1, -0.05) is 35.9 Å². The number of ether oxygens (including phenoxy) is 1. The summed E-state index contributed by atoms with van der Waals surface area (Å²) in [5.74, 6) is -0.0854. The topological polar surface area (TPSA) is 38.3 Å². The number of halogens is 3. The molecule has 2 aromatic carbocycles. The van der Waals surface area contributed by atoms with E-state index in [2.05, 4.69) is 10.1 Å². The van der Waals surface area contributed by atoms with Crippen molar-refractivity contribution in [1.29, 1.82) is 0 Å². The number of nitrogens with one attached hydrogen (secondary N) is 1. The SMILES string of the molecule is O=C(Cc1ccc(OC(F)F)cc1)NCc1ccc(Cl)cc1. The maximum Gasteiger partial charge on any atom is 0.387 e. The van der Waals surface area contributed by atoms with Crippen LogP contribution >= 0.6 is 11.6 Å². The fourth-order valence-electron chi connectivity index (χ4n) is 1.84. The summed E-state index contributed by atoms with van der Waals surface area (Å²) in [5, 5.41) is 3.42. The molecule has 0 atom stereocenters. The van der Waals surface area contributed by atoms with E-state index in [9.17, 15) is 13.6 Å². The van der Waals surface area contributed by atoms with Crippen LogP contribution in [0.3, 0.4) is 0 Å². The Hall–Kier alpha value is -2.14. The van der Waals surface area contributed by atoms with Crippen molar-refractivity contribution < 1.29 is 18.3 Å². The Balaban J connectivity index is 1.82. The Kier molecular flexibility index (Phi) is 5.72. The largest absolute Gasteiger partial charge is 0.435 e. The van der Waals surface area contributed by atoms with Crippen LogP contribution < -0.4 is 10.1 Å². The normalized spacial score (nSPS) is 10.5. The quantitative estimate of drug-likeness (QED) is 0.877. The maximum atomic E-state index is 12.0. The fraction of sp³-hybridized carbons (Fsp3) is 0.188. The molecule has 0 fully saturated rings. The number of rotatable bonds is 6. The number of benzene rings is 2. The number of carbonyl (C=O) groups excluding carboxylic acids is 1. The van der Waals surface area contributed by atoms with Gasteiger partial charge in [-0.25, -0.2) is 0 Å². The fourth-order valence-corrected chi connectivity index (χ4v) is 1.97. The Morgan fingerprint density at radius 1 is 1.05 bits per heavy atom. The first-order chi connectivity index (χ1) is 10.5. The van der Waals surface area contributed by atoms with Gasteiger partial charge in [-0.2, -0.15) is 8.78 Å². The maximum absolute atomic E-state index is 12.0. The molecule has 22 heavy (non-hydrogen) atoms. The van der Waals surface area contributed by atoms with Gasteiger partial charge in [-0.3, -0.25) is 4.79 Å². The second kappa shape index (κ2) is 7.75. The molecule has 2 rings (SSSR count). The lowest BCUT2D eigenvalue weighted by Gasteiger charge is -2.07. The Morgan fingerprint density at radius 2 is 1.64 bits per heavy atom. The molecule has 2 aromatic rings. The van der Waals surface area contributed by atoms with Crippen molar-refractivity contribution in [3.8, 4) is 5.75 Å².